The average molecular weight is 543 g/mol. The number of carbonyl (C=O) groups excluding carboxylic acids is 1. The summed E-state index contributed by atoms with van der Waals surface area (Å²) in [6, 6.07) is 11.2. The predicted octanol–water partition coefficient (Wildman–Crippen LogP) is 7.65. The number of fused-ring (bicyclic) bond motifs is 1. The van der Waals surface area contributed by atoms with Crippen LogP contribution in [0.25, 0.3) is 0 Å². The molecule has 2 heterocycles. The summed E-state index contributed by atoms with van der Waals surface area (Å²) in [5.41, 5.74) is 3.75. The van der Waals surface area contributed by atoms with Gasteiger partial charge in [-0.1, -0.05) is 37.6 Å². The quantitative estimate of drug-likeness (QED) is 0.356. The van der Waals surface area contributed by atoms with Crippen LogP contribution in [-0.2, 0) is 4.79 Å². The summed E-state index contributed by atoms with van der Waals surface area (Å²) in [6.45, 7) is 4.18. The molecule has 0 fully saturated rings. The Bertz CT molecular complexity index is 1320. The molecule has 1 aromatic heterocycles. The molecule has 2 aromatic carbocycles. The van der Waals surface area contributed by atoms with Crippen molar-refractivity contribution in [1.82, 2.24) is 4.98 Å². The maximum atomic E-state index is 14.2. The largest absolute Gasteiger partial charge is 0.453 e. The summed E-state index contributed by atoms with van der Waals surface area (Å²) < 4.78 is 20.5. The first-order valence-corrected chi connectivity index (χ1v) is 12.0. The molecule has 0 saturated heterocycles. The van der Waals surface area contributed by atoms with E-state index in [1.807, 2.05) is 12.1 Å². The van der Waals surface area contributed by atoms with Gasteiger partial charge in [0.1, 0.15) is 5.75 Å². The third kappa shape index (κ3) is 4.30. The van der Waals surface area contributed by atoms with Crippen LogP contribution in [0.5, 0.6) is 11.5 Å². The van der Waals surface area contributed by atoms with Gasteiger partial charge in [0, 0.05) is 28.9 Å². The number of para-hydroxylation sites is 1. The minimum absolute atomic E-state index is 0.0729. The monoisotopic (exact) mass is 541 g/mol. The van der Waals surface area contributed by atoms with Crippen molar-refractivity contribution >= 4 is 44.7 Å². The zero-order valence-electron chi connectivity index (χ0n) is 18.6. The van der Waals surface area contributed by atoms with E-state index >= 15 is 0 Å². The van der Waals surface area contributed by atoms with Crippen LogP contribution in [0, 0.1) is 11.2 Å². The number of ether oxygens (including phenoxy) is 1. The predicted molar refractivity (Wildman–Crippen MR) is 135 cm³/mol. The fourth-order valence-corrected chi connectivity index (χ4v) is 5.23. The molecule has 1 aliphatic heterocycles. The van der Waals surface area contributed by atoms with Crippen molar-refractivity contribution < 1.29 is 13.9 Å². The van der Waals surface area contributed by atoms with E-state index < -0.39 is 11.9 Å². The number of aromatic nitrogens is 1. The highest BCUT2D eigenvalue weighted by Gasteiger charge is 2.39. The highest BCUT2D eigenvalue weighted by Crippen LogP contribution is 2.46. The summed E-state index contributed by atoms with van der Waals surface area (Å²) in [7, 11) is 0. The summed E-state index contributed by atoms with van der Waals surface area (Å²) >= 11 is 10.0. The molecule has 5 nitrogen and oxygen atoms in total. The van der Waals surface area contributed by atoms with Gasteiger partial charge < -0.3 is 15.4 Å². The molecule has 0 spiro atoms. The van der Waals surface area contributed by atoms with Gasteiger partial charge in [-0.2, -0.15) is 0 Å². The number of benzene rings is 2. The molecule has 0 bridgehead atoms. The topological polar surface area (TPSA) is 63.2 Å². The summed E-state index contributed by atoms with van der Waals surface area (Å²) in [5, 5.41) is 7.34. The molecular weight excluding hydrogens is 521 g/mol. The van der Waals surface area contributed by atoms with E-state index in [1.54, 1.807) is 36.7 Å². The minimum Gasteiger partial charge on any atom is -0.453 e. The van der Waals surface area contributed by atoms with Gasteiger partial charge in [0.25, 0.3) is 0 Å². The lowest BCUT2D eigenvalue weighted by Gasteiger charge is -2.34. The van der Waals surface area contributed by atoms with Gasteiger partial charge in [-0.05, 0) is 63.7 Å². The first-order chi connectivity index (χ1) is 16.2. The third-order valence-corrected chi connectivity index (χ3v) is 6.99. The zero-order chi connectivity index (χ0) is 24.0. The van der Waals surface area contributed by atoms with Gasteiger partial charge in [-0.15, -0.1) is 0 Å². The Labute approximate surface area is 210 Å². The lowest BCUT2D eigenvalue weighted by molar-refractivity contribution is -0.118. The van der Waals surface area contributed by atoms with E-state index in [9.17, 15) is 9.18 Å². The van der Waals surface area contributed by atoms with Crippen molar-refractivity contribution in [3.05, 3.63) is 87.0 Å². The highest BCUT2D eigenvalue weighted by molar-refractivity contribution is 9.10. The van der Waals surface area contributed by atoms with Crippen LogP contribution < -0.4 is 15.4 Å². The Kier molecular flexibility index (Phi) is 5.86. The first-order valence-electron chi connectivity index (χ1n) is 10.9. The average Bonchev–Trinajstić information content (AvgIpc) is 2.92. The van der Waals surface area contributed by atoms with Crippen LogP contribution >= 0.6 is 27.5 Å². The fourth-order valence-electron chi connectivity index (χ4n) is 4.53. The number of rotatable bonds is 3. The van der Waals surface area contributed by atoms with Crippen molar-refractivity contribution in [3.63, 3.8) is 0 Å². The molecule has 2 aliphatic rings. The van der Waals surface area contributed by atoms with Crippen LogP contribution in [0.3, 0.4) is 0 Å². The second-order valence-corrected chi connectivity index (χ2v) is 10.6. The molecule has 0 amide bonds. The second-order valence-electron chi connectivity index (χ2n) is 9.29. The summed E-state index contributed by atoms with van der Waals surface area (Å²) in [6.07, 6.45) is 4.61. The molecule has 2 N–H and O–H groups in total. The van der Waals surface area contributed by atoms with Gasteiger partial charge in [0.15, 0.2) is 17.3 Å². The van der Waals surface area contributed by atoms with Crippen molar-refractivity contribution in [3.8, 4) is 11.5 Å². The highest BCUT2D eigenvalue weighted by atomic mass is 79.9. The molecule has 1 aliphatic carbocycles. The fraction of sp³-hybridized carbons (Fsp3) is 0.231. The second kappa shape index (κ2) is 8.71. The maximum Gasteiger partial charge on any atom is 0.177 e. The summed E-state index contributed by atoms with van der Waals surface area (Å²) in [4.78, 5) is 17.6. The number of ketones is 1. The normalized spacial score (nSPS) is 18.9. The molecule has 3 aromatic rings. The molecular formula is C26H22BrClFN3O2. The first kappa shape index (κ1) is 22.9. The molecule has 8 heteroatoms. The van der Waals surface area contributed by atoms with Crippen LogP contribution in [0.4, 0.5) is 15.8 Å². The smallest absolute Gasteiger partial charge is 0.177 e. The molecule has 174 valence electrons. The molecule has 34 heavy (non-hydrogen) atoms. The lowest BCUT2D eigenvalue weighted by Crippen LogP contribution is -2.31. The molecule has 0 radical (unpaired) electrons. The number of nitrogens with zero attached hydrogens (tertiary/aromatic N) is 1. The van der Waals surface area contributed by atoms with Crippen LogP contribution in [0.15, 0.2) is 70.6 Å². The third-order valence-electron chi connectivity index (χ3n) is 6.04. The number of nitrogens with one attached hydrogen (secondary N) is 2. The lowest BCUT2D eigenvalue weighted by atomic mass is 9.73. The van der Waals surface area contributed by atoms with E-state index in [4.69, 9.17) is 16.3 Å². The van der Waals surface area contributed by atoms with Crippen molar-refractivity contribution in [2.45, 2.75) is 32.7 Å². The Morgan fingerprint density at radius 1 is 1.18 bits per heavy atom. The van der Waals surface area contributed by atoms with Gasteiger partial charge in [-0.3, -0.25) is 9.78 Å². The van der Waals surface area contributed by atoms with E-state index in [2.05, 4.69) is 45.4 Å². The van der Waals surface area contributed by atoms with Crippen LogP contribution in [0.2, 0.25) is 5.02 Å². The zero-order valence-corrected chi connectivity index (χ0v) is 20.9. The summed E-state index contributed by atoms with van der Waals surface area (Å²) in [5.74, 6) is 0.0608. The number of halogens is 3. The Balaban J connectivity index is 1.57. The van der Waals surface area contributed by atoms with Crippen molar-refractivity contribution in [2.75, 3.05) is 10.6 Å². The van der Waals surface area contributed by atoms with Gasteiger partial charge in [0.2, 0.25) is 0 Å². The Hall–Kier alpha value is -2.90. The molecule has 1 atom stereocenters. The van der Waals surface area contributed by atoms with E-state index in [0.717, 1.165) is 29.1 Å². The number of allylic oxidation sites excluding steroid dienone is 1. The SMILES string of the molecule is CC1(C)CC(=O)C2=C(C1)Nc1cnccc1NC2c1ccc(Oc2c(F)cccc2Br)cc1Cl. The van der Waals surface area contributed by atoms with Crippen molar-refractivity contribution in [1.29, 1.82) is 0 Å². The molecule has 5 rings (SSSR count). The Morgan fingerprint density at radius 2 is 2.00 bits per heavy atom. The number of hydrogen-bond donors (Lipinski definition) is 2. The number of pyridine rings is 1. The van der Waals surface area contributed by atoms with Gasteiger partial charge >= 0.3 is 0 Å². The number of anilines is 2. The van der Waals surface area contributed by atoms with E-state index in [-0.39, 0.29) is 16.9 Å². The van der Waals surface area contributed by atoms with Gasteiger partial charge in [-0.25, -0.2) is 4.39 Å². The van der Waals surface area contributed by atoms with Crippen LogP contribution in [0.1, 0.15) is 38.3 Å². The van der Waals surface area contributed by atoms with E-state index in [1.165, 1.54) is 6.07 Å². The Morgan fingerprint density at radius 3 is 2.76 bits per heavy atom. The maximum absolute atomic E-state index is 14.2. The van der Waals surface area contributed by atoms with E-state index in [0.29, 0.717) is 27.2 Å². The van der Waals surface area contributed by atoms with Gasteiger partial charge in [0.05, 0.1) is 28.1 Å². The number of Topliss-reactive ketones (excluding diaryl/α,β-unsaturated/α-hetero) is 1. The minimum atomic E-state index is -0.485. The van der Waals surface area contributed by atoms with Crippen LogP contribution in [-0.4, -0.2) is 10.8 Å². The number of carbonyl (C=O) groups is 1. The number of hydrogen-bond acceptors (Lipinski definition) is 5. The molecule has 0 saturated carbocycles. The standard InChI is InChI=1S/C26H22BrClFN3O2/c1-26(2)11-20-23(22(33)12-26)24(32-19-8-9-30-13-21(19)31-20)15-7-6-14(10-17(15)28)34-25-16(27)4-3-5-18(25)29/h3-10,13,24,31-32H,11-12H2,1-2H3. The van der Waals surface area contributed by atoms with Crippen molar-refractivity contribution in [2.24, 2.45) is 5.41 Å². The molecule has 1 unspecified atom stereocenters.